The summed E-state index contributed by atoms with van der Waals surface area (Å²) in [6.45, 7) is 0. The van der Waals surface area contributed by atoms with Gasteiger partial charge in [0.1, 0.15) is 9.75 Å². The maximum Gasteiger partial charge on any atom is 0.345 e. The fraction of sp³-hybridized carbons (Fsp3) is 0. The number of carboxylic acids is 2. The molecule has 0 saturated carbocycles. The van der Waals surface area contributed by atoms with Crippen LogP contribution < -0.4 is 0 Å². The monoisotopic (exact) mass is 280 g/mol. The Balaban J connectivity index is 2.13. The van der Waals surface area contributed by atoms with Gasteiger partial charge in [0.25, 0.3) is 0 Å². The minimum atomic E-state index is -0.941. The molecule has 2 aromatic heterocycles. The fourth-order valence-corrected chi connectivity index (χ4v) is 2.78. The molecule has 0 atom stereocenters. The number of rotatable bonds is 4. The van der Waals surface area contributed by atoms with E-state index in [-0.39, 0.29) is 9.75 Å². The van der Waals surface area contributed by atoms with Crippen LogP contribution >= 0.6 is 22.7 Å². The van der Waals surface area contributed by atoms with E-state index in [9.17, 15) is 9.59 Å². The highest BCUT2D eigenvalue weighted by Gasteiger charge is 2.06. The first-order chi connectivity index (χ1) is 8.56. The second-order valence-corrected chi connectivity index (χ2v) is 5.58. The van der Waals surface area contributed by atoms with Gasteiger partial charge in [-0.15, -0.1) is 22.7 Å². The van der Waals surface area contributed by atoms with Gasteiger partial charge in [0.2, 0.25) is 0 Å². The largest absolute Gasteiger partial charge is 0.477 e. The second kappa shape index (κ2) is 5.16. The van der Waals surface area contributed by atoms with Crippen LogP contribution in [0.15, 0.2) is 24.3 Å². The van der Waals surface area contributed by atoms with Crippen molar-refractivity contribution in [2.75, 3.05) is 0 Å². The van der Waals surface area contributed by atoms with E-state index in [1.54, 1.807) is 36.4 Å². The molecule has 2 N–H and O–H groups in total. The molecule has 0 bridgehead atoms. The molecule has 18 heavy (non-hydrogen) atoms. The Hall–Kier alpha value is -1.92. The zero-order chi connectivity index (χ0) is 13.1. The fourth-order valence-electron chi connectivity index (χ4n) is 1.28. The minimum Gasteiger partial charge on any atom is -0.477 e. The Morgan fingerprint density at radius 1 is 0.833 bits per heavy atom. The lowest BCUT2D eigenvalue weighted by Crippen LogP contribution is -1.89. The highest BCUT2D eigenvalue weighted by atomic mass is 32.1. The van der Waals surface area contributed by atoms with E-state index in [0.717, 1.165) is 9.75 Å². The SMILES string of the molecule is O=C(O)c1ccc(/C=C/c2ccc(C(=O)O)s2)s1. The predicted molar refractivity (Wildman–Crippen MR) is 71.5 cm³/mol. The Morgan fingerprint density at radius 3 is 1.50 bits per heavy atom. The molecule has 0 saturated heterocycles. The van der Waals surface area contributed by atoms with Crippen LogP contribution in [0.1, 0.15) is 29.1 Å². The molecule has 0 spiro atoms. The Morgan fingerprint density at radius 2 is 1.22 bits per heavy atom. The van der Waals surface area contributed by atoms with Crippen LogP contribution in [0.3, 0.4) is 0 Å². The molecule has 0 aliphatic heterocycles. The van der Waals surface area contributed by atoms with Crippen molar-refractivity contribution in [2.45, 2.75) is 0 Å². The second-order valence-electron chi connectivity index (χ2n) is 3.35. The Labute approximate surface area is 110 Å². The van der Waals surface area contributed by atoms with Crippen molar-refractivity contribution in [1.82, 2.24) is 0 Å². The maximum atomic E-state index is 10.7. The van der Waals surface area contributed by atoms with Crippen LogP contribution in [0, 0.1) is 0 Å². The summed E-state index contributed by atoms with van der Waals surface area (Å²) in [4.78, 5) is 23.6. The maximum absolute atomic E-state index is 10.7. The Bertz CT molecular complexity index is 567. The van der Waals surface area contributed by atoms with E-state index in [4.69, 9.17) is 10.2 Å². The first-order valence-corrected chi connectivity index (χ1v) is 6.54. The molecular weight excluding hydrogens is 272 g/mol. The summed E-state index contributed by atoms with van der Waals surface area (Å²) in [5, 5.41) is 17.5. The van der Waals surface area contributed by atoms with Crippen LogP contribution in [0.2, 0.25) is 0 Å². The molecule has 2 heterocycles. The predicted octanol–water partition coefficient (Wildman–Crippen LogP) is 3.38. The number of hydrogen-bond donors (Lipinski definition) is 2. The zero-order valence-electron chi connectivity index (χ0n) is 8.99. The summed E-state index contributed by atoms with van der Waals surface area (Å²) >= 11 is 2.35. The van der Waals surface area contributed by atoms with Crippen LogP contribution in [-0.4, -0.2) is 22.2 Å². The molecular formula is C12H8O4S2. The van der Waals surface area contributed by atoms with Gasteiger partial charge >= 0.3 is 11.9 Å². The van der Waals surface area contributed by atoms with Crippen molar-refractivity contribution in [3.05, 3.63) is 43.8 Å². The molecule has 4 nitrogen and oxygen atoms in total. The quantitative estimate of drug-likeness (QED) is 0.900. The lowest BCUT2D eigenvalue weighted by atomic mass is 10.3. The van der Waals surface area contributed by atoms with Gasteiger partial charge in [-0.05, 0) is 36.4 Å². The first kappa shape index (κ1) is 12.5. The summed E-state index contributed by atoms with van der Waals surface area (Å²) in [6.07, 6.45) is 3.54. The van der Waals surface area contributed by atoms with E-state index in [0.29, 0.717) is 0 Å². The van der Waals surface area contributed by atoms with E-state index < -0.39 is 11.9 Å². The molecule has 0 aromatic carbocycles. The number of carboxylic acid groups (broad SMARTS) is 2. The van der Waals surface area contributed by atoms with E-state index in [1.165, 1.54) is 22.7 Å². The molecule has 0 aliphatic carbocycles. The van der Waals surface area contributed by atoms with Gasteiger partial charge in [0.15, 0.2) is 0 Å². The summed E-state index contributed by atoms with van der Waals surface area (Å²) in [5.74, 6) is -1.88. The van der Waals surface area contributed by atoms with Gasteiger partial charge in [0, 0.05) is 9.75 Å². The molecule has 2 aromatic rings. The van der Waals surface area contributed by atoms with Gasteiger partial charge in [0.05, 0.1) is 0 Å². The third-order valence-corrected chi connectivity index (χ3v) is 4.16. The van der Waals surface area contributed by atoms with Crippen LogP contribution in [0.25, 0.3) is 12.2 Å². The van der Waals surface area contributed by atoms with Gasteiger partial charge in [-0.2, -0.15) is 0 Å². The zero-order valence-corrected chi connectivity index (χ0v) is 10.6. The van der Waals surface area contributed by atoms with Crippen molar-refractivity contribution < 1.29 is 19.8 Å². The molecule has 6 heteroatoms. The van der Waals surface area contributed by atoms with E-state index in [2.05, 4.69) is 0 Å². The number of aromatic carboxylic acids is 2. The molecule has 0 radical (unpaired) electrons. The summed E-state index contributed by atoms with van der Waals surface area (Å²) in [7, 11) is 0. The Kier molecular flexibility index (Phi) is 3.59. The van der Waals surface area contributed by atoms with Crippen molar-refractivity contribution in [1.29, 1.82) is 0 Å². The van der Waals surface area contributed by atoms with Gasteiger partial charge in [-0.3, -0.25) is 0 Å². The topological polar surface area (TPSA) is 74.6 Å². The normalized spacial score (nSPS) is 10.9. The van der Waals surface area contributed by atoms with Crippen LogP contribution in [-0.2, 0) is 0 Å². The van der Waals surface area contributed by atoms with Crippen molar-refractivity contribution >= 4 is 46.8 Å². The lowest BCUT2D eigenvalue weighted by molar-refractivity contribution is 0.0691. The minimum absolute atomic E-state index is 0.284. The van der Waals surface area contributed by atoms with Crippen molar-refractivity contribution in [3.8, 4) is 0 Å². The molecule has 2 rings (SSSR count). The molecule has 0 fully saturated rings. The van der Waals surface area contributed by atoms with Gasteiger partial charge in [-0.25, -0.2) is 9.59 Å². The molecule has 0 aliphatic rings. The smallest absolute Gasteiger partial charge is 0.345 e. The highest BCUT2D eigenvalue weighted by molar-refractivity contribution is 7.15. The van der Waals surface area contributed by atoms with E-state index in [1.807, 2.05) is 0 Å². The van der Waals surface area contributed by atoms with Crippen LogP contribution in [0.4, 0.5) is 0 Å². The number of hydrogen-bond acceptors (Lipinski definition) is 4. The van der Waals surface area contributed by atoms with Crippen molar-refractivity contribution in [2.24, 2.45) is 0 Å². The van der Waals surface area contributed by atoms with E-state index >= 15 is 0 Å². The van der Waals surface area contributed by atoms with Gasteiger partial charge in [-0.1, -0.05) is 0 Å². The number of carbonyl (C=O) groups is 2. The first-order valence-electron chi connectivity index (χ1n) is 4.90. The average molecular weight is 280 g/mol. The summed E-state index contributed by atoms with van der Waals surface area (Å²) in [5.41, 5.74) is 0. The van der Waals surface area contributed by atoms with Gasteiger partial charge < -0.3 is 10.2 Å². The molecule has 0 amide bonds. The van der Waals surface area contributed by atoms with Crippen LogP contribution in [0.5, 0.6) is 0 Å². The molecule has 92 valence electrons. The standard InChI is InChI=1S/C12H8O4S2/c13-11(14)9-5-3-7(17-9)1-2-8-4-6-10(18-8)12(15)16/h1-6H,(H,13,14)(H,15,16)/b2-1+. The van der Waals surface area contributed by atoms with Crippen molar-refractivity contribution in [3.63, 3.8) is 0 Å². The third-order valence-electron chi connectivity index (χ3n) is 2.09. The highest BCUT2D eigenvalue weighted by Crippen LogP contribution is 2.22. The lowest BCUT2D eigenvalue weighted by Gasteiger charge is -1.85. The molecule has 0 unspecified atom stereocenters. The summed E-state index contributed by atoms with van der Waals surface area (Å²) in [6, 6.07) is 6.53. The summed E-state index contributed by atoms with van der Waals surface area (Å²) < 4.78 is 0. The third kappa shape index (κ3) is 2.85. The number of thiophene rings is 2. The average Bonchev–Trinajstić information content (AvgIpc) is 2.95.